The Balaban J connectivity index is 1.74. The van der Waals surface area contributed by atoms with E-state index in [1.54, 1.807) is 0 Å². The van der Waals surface area contributed by atoms with Gasteiger partial charge < -0.3 is 15.7 Å². The molecule has 2 saturated carbocycles. The molecule has 114 valence electrons. The van der Waals surface area contributed by atoms with E-state index in [4.69, 9.17) is 0 Å². The minimum atomic E-state index is -0.791. The van der Waals surface area contributed by atoms with Crippen LogP contribution in [0.25, 0.3) is 0 Å². The first kappa shape index (κ1) is 15.5. The van der Waals surface area contributed by atoms with Gasteiger partial charge in [0, 0.05) is 17.8 Å². The molecule has 2 amide bonds. The molecule has 0 atom stereocenters. The number of carbonyl (C=O) groups excluding carboxylic acids is 1. The molecule has 0 heterocycles. The molecule has 0 aromatic heterocycles. The van der Waals surface area contributed by atoms with Crippen LogP contribution in [0.5, 0.6) is 0 Å². The molecular formula is C14H24N2O3S. The number of carboxylic acid groups (broad SMARTS) is 1. The summed E-state index contributed by atoms with van der Waals surface area (Å²) in [5.74, 6) is -0.791. The molecule has 2 fully saturated rings. The lowest BCUT2D eigenvalue weighted by Gasteiger charge is -2.37. The largest absolute Gasteiger partial charge is 0.481 e. The highest BCUT2D eigenvalue weighted by Gasteiger charge is 2.44. The summed E-state index contributed by atoms with van der Waals surface area (Å²) in [7, 11) is 0. The Kier molecular flexibility index (Phi) is 4.83. The molecule has 2 aliphatic carbocycles. The van der Waals surface area contributed by atoms with Crippen LogP contribution in [0, 0.1) is 5.41 Å². The Bertz CT molecular complexity index is 377. The van der Waals surface area contributed by atoms with Crippen LogP contribution in [0.1, 0.15) is 44.9 Å². The van der Waals surface area contributed by atoms with Crippen LogP contribution in [0.4, 0.5) is 4.79 Å². The van der Waals surface area contributed by atoms with E-state index in [9.17, 15) is 14.7 Å². The summed E-state index contributed by atoms with van der Waals surface area (Å²) >= 11 is 1.83. The van der Waals surface area contributed by atoms with Gasteiger partial charge in [0.05, 0.1) is 5.41 Å². The van der Waals surface area contributed by atoms with Gasteiger partial charge in [0.25, 0.3) is 0 Å². The molecule has 0 bridgehead atoms. The number of rotatable bonds is 6. The number of nitrogens with one attached hydrogen (secondary N) is 2. The van der Waals surface area contributed by atoms with Crippen molar-refractivity contribution in [2.24, 2.45) is 5.41 Å². The predicted octanol–water partition coefficient (Wildman–Crippen LogP) is 2.22. The van der Waals surface area contributed by atoms with E-state index in [0.29, 0.717) is 19.4 Å². The summed E-state index contributed by atoms with van der Waals surface area (Å²) in [5, 5.41) is 14.8. The number of amides is 2. The highest BCUT2D eigenvalue weighted by Crippen LogP contribution is 2.41. The zero-order chi connectivity index (χ0) is 14.6. The van der Waals surface area contributed by atoms with Crippen molar-refractivity contribution in [2.75, 3.05) is 19.3 Å². The lowest BCUT2D eigenvalue weighted by atomic mass is 9.69. The zero-order valence-corrected chi connectivity index (χ0v) is 12.9. The summed E-state index contributed by atoms with van der Waals surface area (Å²) in [6.45, 7) is 0.903. The molecule has 5 nitrogen and oxygen atoms in total. The van der Waals surface area contributed by atoms with E-state index in [1.807, 2.05) is 11.8 Å². The van der Waals surface area contributed by atoms with Crippen LogP contribution in [-0.2, 0) is 4.79 Å². The molecular weight excluding hydrogens is 276 g/mol. The molecule has 0 aromatic carbocycles. The average Bonchev–Trinajstić information content (AvgIpc) is 2.84. The van der Waals surface area contributed by atoms with Gasteiger partial charge in [0.1, 0.15) is 0 Å². The maximum atomic E-state index is 11.8. The lowest BCUT2D eigenvalue weighted by molar-refractivity contribution is -0.153. The number of aliphatic carboxylic acids is 1. The quantitative estimate of drug-likeness (QED) is 0.703. The SMILES string of the molecule is CSC1(CNC(=O)NCC2(C(=O)O)CCC2)CCCC1. The fourth-order valence-corrected chi connectivity index (χ4v) is 4.01. The molecule has 3 N–H and O–H groups in total. The number of hydrogen-bond donors (Lipinski definition) is 3. The fourth-order valence-electron chi connectivity index (χ4n) is 3.10. The van der Waals surface area contributed by atoms with Gasteiger partial charge >= 0.3 is 12.0 Å². The second kappa shape index (κ2) is 6.24. The van der Waals surface area contributed by atoms with Gasteiger partial charge in [-0.15, -0.1) is 0 Å². The number of carbonyl (C=O) groups is 2. The zero-order valence-electron chi connectivity index (χ0n) is 12.0. The third-order valence-electron chi connectivity index (χ3n) is 4.87. The predicted molar refractivity (Wildman–Crippen MR) is 80.0 cm³/mol. The van der Waals surface area contributed by atoms with Crippen LogP contribution >= 0.6 is 11.8 Å². The van der Waals surface area contributed by atoms with Gasteiger partial charge in [-0.25, -0.2) is 4.79 Å². The molecule has 0 saturated heterocycles. The third-order valence-corrected chi connectivity index (χ3v) is 6.29. The standard InChI is InChI=1S/C14H24N2O3S/c1-20-14(7-2-3-8-14)10-16-12(19)15-9-13(11(17)18)5-4-6-13/h2-10H2,1H3,(H,17,18)(H2,15,16,19). The first-order valence-corrected chi connectivity index (χ1v) is 8.55. The maximum Gasteiger partial charge on any atom is 0.314 e. The van der Waals surface area contributed by atoms with Gasteiger partial charge in [0.2, 0.25) is 0 Å². The highest BCUT2D eigenvalue weighted by molar-refractivity contribution is 8.00. The van der Waals surface area contributed by atoms with Crippen molar-refractivity contribution in [1.29, 1.82) is 0 Å². The normalized spacial score (nSPS) is 22.9. The molecule has 0 aliphatic heterocycles. The van der Waals surface area contributed by atoms with Crippen molar-refractivity contribution in [1.82, 2.24) is 10.6 Å². The van der Waals surface area contributed by atoms with E-state index in [1.165, 1.54) is 12.8 Å². The monoisotopic (exact) mass is 300 g/mol. The van der Waals surface area contributed by atoms with Crippen LogP contribution in [-0.4, -0.2) is 41.2 Å². The fraction of sp³-hybridized carbons (Fsp3) is 0.857. The van der Waals surface area contributed by atoms with Gasteiger partial charge in [-0.05, 0) is 31.9 Å². The number of urea groups is 1. The summed E-state index contributed by atoms with van der Waals surface area (Å²) in [6, 6.07) is -0.238. The van der Waals surface area contributed by atoms with Crippen molar-refractivity contribution in [3.8, 4) is 0 Å². The molecule has 0 aromatic rings. The Labute approximate surface area is 124 Å². The average molecular weight is 300 g/mol. The van der Waals surface area contributed by atoms with E-state index >= 15 is 0 Å². The molecule has 6 heteroatoms. The van der Waals surface area contributed by atoms with Gasteiger partial charge in [-0.1, -0.05) is 19.3 Å². The van der Waals surface area contributed by atoms with Crippen LogP contribution in [0.2, 0.25) is 0 Å². The lowest BCUT2D eigenvalue weighted by Crippen LogP contribution is -2.51. The van der Waals surface area contributed by atoms with Crippen LogP contribution < -0.4 is 10.6 Å². The molecule has 2 rings (SSSR count). The topological polar surface area (TPSA) is 78.4 Å². The number of hydrogen-bond acceptors (Lipinski definition) is 3. The second-order valence-electron chi connectivity index (χ2n) is 6.07. The van der Waals surface area contributed by atoms with E-state index in [0.717, 1.165) is 19.3 Å². The Morgan fingerprint density at radius 3 is 2.10 bits per heavy atom. The third kappa shape index (κ3) is 3.22. The first-order chi connectivity index (χ1) is 9.52. The van der Waals surface area contributed by atoms with Crippen molar-refractivity contribution in [3.05, 3.63) is 0 Å². The van der Waals surface area contributed by atoms with Gasteiger partial charge in [-0.3, -0.25) is 4.79 Å². The van der Waals surface area contributed by atoms with Crippen molar-refractivity contribution < 1.29 is 14.7 Å². The van der Waals surface area contributed by atoms with E-state index in [2.05, 4.69) is 16.9 Å². The minimum Gasteiger partial charge on any atom is -0.481 e. The Hall–Kier alpha value is -0.910. The Morgan fingerprint density at radius 1 is 1.05 bits per heavy atom. The number of carboxylic acids is 1. The van der Waals surface area contributed by atoms with Gasteiger partial charge in [0.15, 0.2) is 0 Å². The van der Waals surface area contributed by atoms with Gasteiger partial charge in [-0.2, -0.15) is 11.8 Å². The molecule has 0 spiro atoms. The van der Waals surface area contributed by atoms with Crippen LogP contribution in [0.3, 0.4) is 0 Å². The van der Waals surface area contributed by atoms with Crippen molar-refractivity contribution in [3.63, 3.8) is 0 Å². The minimum absolute atomic E-state index is 0.179. The van der Waals surface area contributed by atoms with E-state index < -0.39 is 11.4 Å². The molecule has 0 unspecified atom stereocenters. The second-order valence-corrected chi connectivity index (χ2v) is 7.34. The van der Waals surface area contributed by atoms with Crippen molar-refractivity contribution >= 4 is 23.8 Å². The summed E-state index contributed by atoms with van der Waals surface area (Å²) in [4.78, 5) is 23.0. The number of thioether (sulfide) groups is 1. The van der Waals surface area contributed by atoms with Crippen LogP contribution in [0.15, 0.2) is 0 Å². The molecule has 2 aliphatic rings. The van der Waals surface area contributed by atoms with Crippen molar-refractivity contribution in [2.45, 2.75) is 49.7 Å². The smallest absolute Gasteiger partial charge is 0.314 e. The molecule has 0 radical (unpaired) electrons. The summed E-state index contributed by atoms with van der Waals surface area (Å²) in [5.41, 5.74) is -0.720. The Morgan fingerprint density at radius 2 is 1.65 bits per heavy atom. The van der Waals surface area contributed by atoms with E-state index in [-0.39, 0.29) is 17.3 Å². The highest BCUT2D eigenvalue weighted by atomic mass is 32.2. The first-order valence-electron chi connectivity index (χ1n) is 7.32. The maximum absolute atomic E-state index is 11.8. The summed E-state index contributed by atoms with van der Waals surface area (Å²) < 4.78 is 0.179. The summed E-state index contributed by atoms with van der Waals surface area (Å²) in [6.07, 6.45) is 9.11. The molecule has 20 heavy (non-hydrogen) atoms.